The van der Waals surface area contributed by atoms with Gasteiger partial charge >= 0.3 is 0 Å². The molecule has 0 aliphatic carbocycles. The summed E-state index contributed by atoms with van der Waals surface area (Å²) in [5.41, 5.74) is 1.24. The van der Waals surface area contributed by atoms with Crippen molar-refractivity contribution in [2.75, 3.05) is 7.05 Å². The molecule has 0 unspecified atom stereocenters. The summed E-state index contributed by atoms with van der Waals surface area (Å²) in [5.74, 6) is 0. The van der Waals surface area contributed by atoms with Crippen molar-refractivity contribution in [3.63, 3.8) is 0 Å². The van der Waals surface area contributed by atoms with Crippen molar-refractivity contribution in [3.05, 3.63) is 41.2 Å². The fourth-order valence-electron chi connectivity index (χ4n) is 1.36. The van der Waals surface area contributed by atoms with E-state index in [2.05, 4.69) is 38.9 Å². The van der Waals surface area contributed by atoms with E-state index in [4.69, 9.17) is 0 Å². The monoisotopic (exact) mass is 254 g/mol. The molecule has 0 radical (unpaired) electrons. The molecule has 0 aromatic carbocycles. The summed E-state index contributed by atoms with van der Waals surface area (Å²) in [6.07, 6.45) is 7.59. The highest BCUT2D eigenvalue weighted by atomic mass is 79.9. The maximum atomic E-state index is 4.13. The Morgan fingerprint density at radius 1 is 1.64 bits per heavy atom. The Hall–Kier alpha value is -0.670. The van der Waals surface area contributed by atoms with Crippen LogP contribution in [-0.4, -0.2) is 18.1 Å². The second kappa shape index (κ2) is 5.94. The van der Waals surface area contributed by atoms with Gasteiger partial charge in [0, 0.05) is 22.9 Å². The van der Waals surface area contributed by atoms with E-state index in [1.54, 1.807) is 6.20 Å². The van der Waals surface area contributed by atoms with E-state index < -0.39 is 0 Å². The number of nitrogens with one attached hydrogen (secondary N) is 1. The van der Waals surface area contributed by atoms with E-state index in [1.165, 1.54) is 5.56 Å². The van der Waals surface area contributed by atoms with E-state index in [0.29, 0.717) is 6.04 Å². The van der Waals surface area contributed by atoms with Gasteiger partial charge in [0.1, 0.15) is 0 Å². The summed E-state index contributed by atoms with van der Waals surface area (Å²) in [7, 11) is 1.97. The van der Waals surface area contributed by atoms with Crippen LogP contribution in [0.3, 0.4) is 0 Å². The highest BCUT2D eigenvalue weighted by molar-refractivity contribution is 9.10. The van der Waals surface area contributed by atoms with Gasteiger partial charge in [-0.05, 0) is 47.4 Å². The Morgan fingerprint density at radius 3 is 3.00 bits per heavy atom. The third-order valence-corrected chi connectivity index (χ3v) is 2.54. The van der Waals surface area contributed by atoms with Gasteiger partial charge in [0.25, 0.3) is 0 Å². The molecular weight excluding hydrogens is 240 g/mol. The molecule has 14 heavy (non-hydrogen) atoms. The summed E-state index contributed by atoms with van der Waals surface area (Å²) in [6, 6.07) is 2.55. The average Bonchev–Trinajstić information content (AvgIpc) is 2.17. The molecule has 0 saturated carbocycles. The number of hydrogen-bond acceptors (Lipinski definition) is 2. The first-order chi connectivity index (χ1) is 6.76. The van der Waals surface area contributed by atoms with Gasteiger partial charge in [0.05, 0.1) is 0 Å². The zero-order chi connectivity index (χ0) is 10.4. The lowest BCUT2D eigenvalue weighted by atomic mass is 10.1. The van der Waals surface area contributed by atoms with Crippen molar-refractivity contribution >= 4 is 15.9 Å². The Balaban J connectivity index is 2.61. The van der Waals surface area contributed by atoms with Gasteiger partial charge in [0.15, 0.2) is 0 Å². The van der Waals surface area contributed by atoms with Gasteiger partial charge in [-0.1, -0.05) is 6.08 Å². The van der Waals surface area contributed by atoms with E-state index in [9.17, 15) is 0 Å². The summed E-state index contributed by atoms with van der Waals surface area (Å²) in [4.78, 5) is 4.13. The molecule has 3 heteroatoms. The van der Waals surface area contributed by atoms with Crippen LogP contribution in [0, 0.1) is 0 Å². The molecule has 1 aromatic rings. The topological polar surface area (TPSA) is 24.9 Å². The molecule has 76 valence electrons. The normalized spacial score (nSPS) is 12.4. The lowest BCUT2D eigenvalue weighted by Gasteiger charge is -2.13. The minimum Gasteiger partial charge on any atom is -0.316 e. The van der Waals surface area contributed by atoms with Crippen LogP contribution in [0.5, 0.6) is 0 Å². The minimum atomic E-state index is 0.448. The number of hydrogen-bond donors (Lipinski definition) is 1. The number of pyridine rings is 1. The average molecular weight is 255 g/mol. The van der Waals surface area contributed by atoms with E-state index in [-0.39, 0.29) is 0 Å². The summed E-state index contributed by atoms with van der Waals surface area (Å²) < 4.78 is 1.03. The van der Waals surface area contributed by atoms with E-state index >= 15 is 0 Å². The highest BCUT2D eigenvalue weighted by Crippen LogP contribution is 2.12. The fraction of sp³-hybridized carbons (Fsp3) is 0.364. The number of halogens is 1. The Morgan fingerprint density at radius 2 is 2.43 bits per heavy atom. The number of rotatable bonds is 5. The zero-order valence-electron chi connectivity index (χ0n) is 8.33. The fourth-order valence-corrected chi connectivity index (χ4v) is 1.77. The third-order valence-electron chi connectivity index (χ3n) is 2.10. The van der Waals surface area contributed by atoms with Gasteiger partial charge in [-0.15, -0.1) is 6.58 Å². The molecular formula is C11H15BrN2. The Kier molecular flexibility index (Phi) is 4.84. The van der Waals surface area contributed by atoms with Gasteiger partial charge < -0.3 is 5.32 Å². The maximum Gasteiger partial charge on any atom is 0.0410 e. The van der Waals surface area contributed by atoms with Crippen LogP contribution < -0.4 is 5.32 Å². The van der Waals surface area contributed by atoms with Crippen molar-refractivity contribution < 1.29 is 0 Å². The number of nitrogens with zero attached hydrogens (tertiary/aromatic N) is 1. The van der Waals surface area contributed by atoms with Crippen LogP contribution in [-0.2, 0) is 6.42 Å². The van der Waals surface area contributed by atoms with Crippen LogP contribution in [0.25, 0.3) is 0 Å². The predicted molar refractivity (Wildman–Crippen MR) is 63.3 cm³/mol. The first-order valence-electron chi connectivity index (χ1n) is 4.64. The molecule has 2 nitrogen and oxygen atoms in total. The predicted octanol–water partition coefficient (Wildman–Crippen LogP) is 2.55. The molecule has 1 rings (SSSR count). The second-order valence-corrected chi connectivity index (χ2v) is 4.14. The molecule has 0 bridgehead atoms. The standard InChI is InChI=1S/C11H15BrN2/c1-3-4-11(13-2)6-9-5-10(12)8-14-7-9/h3,5,7-8,11,13H,1,4,6H2,2H3/t11-/m0/s1. The van der Waals surface area contributed by atoms with Crippen molar-refractivity contribution in [3.8, 4) is 0 Å². The molecule has 1 N–H and O–H groups in total. The molecule has 1 atom stereocenters. The number of aromatic nitrogens is 1. The van der Waals surface area contributed by atoms with Crippen molar-refractivity contribution in [2.45, 2.75) is 18.9 Å². The first kappa shape index (κ1) is 11.4. The maximum absolute atomic E-state index is 4.13. The molecule has 1 heterocycles. The Bertz CT molecular complexity index is 299. The molecule has 0 aliphatic rings. The molecule has 1 aromatic heterocycles. The van der Waals surface area contributed by atoms with Crippen LogP contribution in [0.2, 0.25) is 0 Å². The zero-order valence-corrected chi connectivity index (χ0v) is 9.92. The van der Waals surface area contributed by atoms with Crippen LogP contribution in [0.15, 0.2) is 35.6 Å². The first-order valence-corrected chi connectivity index (χ1v) is 5.43. The van der Waals surface area contributed by atoms with Crippen LogP contribution in [0.4, 0.5) is 0 Å². The summed E-state index contributed by atoms with van der Waals surface area (Å²) in [6.45, 7) is 3.74. The summed E-state index contributed by atoms with van der Waals surface area (Å²) >= 11 is 3.41. The second-order valence-electron chi connectivity index (χ2n) is 3.23. The SMILES string of the molecule is C=CC[C@@H](Cc1cncc(Br)c1)NC. The molecule has 0 spiro atoms. The van der Waals surface area contributed by atoms with Gasteiger partial charge in [-0.2, -0.15) is 0 Å². The van der Waals surface area contributed by atoms with Crippen LogP contribution >= 0.6 is 15.9 Å². The van der Waals surface area contributed by atoms with E-state index in [0.717, 1.165) is 17.3 Å². The smallest absolute Gasteiger partial charge is 0.0410 e. The van der Waals surface area contributed by atoms with Gasteiger partial charge in [-0.3, -0.25) is 4.98 Å². The minimum absolute atomic E-state index is 0.448. The molecule has 0 fully saturated rings. The quantitative estimate of drug-likeness (QED) is 0.818. The molecule has 0 amide bonds. The van der Waals surface area contributed by atoms with Crippen molar-refractivity contribution in [1.82, 2.24) is 10.3 Å². The van der Waals surface area contributed by atoms with Crippen molar-refractivity contribution in [1.29, 1.82) is 0 Å². The lowest BCUT2D eigenvalue weighted by Crippen LogP contribution is -2.26. The Labute approximate surface area is 93.6 Å². The highest BCUT2D eigenvalue weighted by Gasteiger charge is 2.05. The van der Waals surface area contributed by atoms with Gasteiger partial charge in [0.2, 0.25) is 0 Å². The van der Waals surface area contributed by atoms with Crippen LogP contribution in [0.1, 0.15) is 12.0 Å². The largest absolute Gasteiger partial charge is 0.316 e. The third kappa shape index (κ3) is 3.60. The van der Waals surface area contributed by atoms with E-state index in [1.807, 2.05) is 19.3 Å². The summed E-state index contributed by atoms with van der Waals surface area (Å²) in [5, 5.41) is 3.26. The number of likely N-dealkylation sites (N-methyl/N-ethyl adjacent to an activating group) is 1. The molecule has 0 saturated heterocycles. The molecule has 0 aliphatic heterocycles. The van der Waals surface area contributed by atoms with Gasteiger partial charge in [-0.25, -0.2) is 0 Å². The lowest BCUT2D eigenvalue weighted by molar-refractivity contribution is 0.565. The van der Waals surface area contributed by atoms with Crippen molar-refractivity contribution in [2.24, 2.45) is 0 Å².